The predicted molar refractivity (Wildman–Crippen MR) is 64.4 cm³/mol. The molecule has 0 bridgehead atoms. The third kappa shape index (κ3) is 0.958. The summed E-state index contributed by atoms with van der Waals surface area (Å²) in [5, 5.41) is 0. The third-order valence-electron chi connectivity index (χ3n) is 4.09. The summed E-state index contributed by atoms with van der Waals surface area (Å²) in [7, 11) is 1.84. The van der Waals surface area contributed by atoms with Crippen molar-refractivity contribution in [1.82, 2.24) is 0 Å². The van der Waals surface area contributed by atoms with Crippen molar-refractivity contribution in [3.63, 3.8) is 0 Å². The number of likely N-dealkylation sites (N-methyl/N-ethyl adjacent to an activating group) is 1. The SMILES string of the molecule is CN1C(=O)C2(CCCC2)c2cccc(N)c21. The van der Waals surface area contributed by atoms with E-state index in [-0.39, 0.29) is 11.3 Å². The van der Waals surface area contributed by atoms with Crippen molar-refractivity contribution in [3.8, 4) is 0 Å². The highest BCUT2D eigenvalue weighted by atomic mass is 16.2. The van der Waals surface area contributed by atoms with Gasteiger partial charge in [0.05, 0.1) is 16.8 Å². The smallest absolute Gasteiger partial charge is 0.237 e. The van der Waals surface area contributed by atoms with E-state index < -0.39 is 0 Å². The van der Waals surface area contributed by atoms with Crippen molar-refractivity contribution in [3.05, 3.63) is 23.8 Å². The summed E-state index contributed by atoms with van der Waals surface area (Å²) in [6.07, 6.45) is 4.25. The van der Waals surface area contributed by atoms with Crippen LogP contribution in [0.4, 0.5) is 11.4 Å². The topological polar surface area (TPSA) is 46.3 Å². The average molecular weight is 216 g/mol. The number of amides is 1. The molecule has 1 heterocycles. The Balaban J connectivity index is 2.26. The number of hydrogen-bond donors (Lipinski definition) is 1. The molecule has 1 amide bonds. The number of nitrogens with zero attached hydrogens (tertiary/aromatic N) is 1. The number of carbonyl (C=O) groups excluding carboxylic acids is 1. The van der Waals surface area contributed by atoms with E-state index in [2.05, 4.69) is 6.07 Å². The molecule has 3 nitrogen and oxygen atoms in total. The van der Waals surface area contributed by atoms with Crippen molar-refractivity contribution in [2.75, 3.05) is 17.7 Å². The Morgan fingerprint density at radius 2 is 2.00 bits per heavy atom. The molecule has 3 heteroatoms. The van der Waals surface area contributed by atoms with Crippen LogP contribution in [0.25, 0.3) is 0 Å². The van der Waals surface area contributed by atoms with E-state index in [4.69, 9.17) is 5.73 Å². The number of fused-ring (bicyclic) bond motifs is 2. The summed E-state index contributed by atoms with van der Waals surface area (Å²) in [6.45, 7) is 0. The maximum atomic E-state index is 12.4. The van der Waals surface area contributed by atoms with Crippen LogP contribution < -0.4 is 10.6 Å². The molecular formula is C13H16N2O. The normalized spacial score (nSPS) is 21.8. The van der Waals surface area contributed by atoms with Gasteiger partial charge in [0.2, 0.25) is 5.91 Å². The number of benzene rings is 1. The summed E-state index contributed by atoms with van der Waals surface area (Å²) in [6, 6.07) is 5.90. The van der Waals surface area contributed by atoms with Crippen LogP contribution in [-0.4, -0.2) is 13.0 Å². The first-order valence-electron chi connectivity index (χ1n) is 5.84. The highest BCUT2D eigenvalue weighted by Gasteiger charge is 2.51. The van der Waals surface area contributed by atoms with Crippen molar-refractivity contribution in [2.45, 2.75) is 31.1 Å². The van der Waals surface area contributed by atoms with Crippen LogP contribution in [-0.2, 0) is 10.2 Å². The minimum Gasteiger partial charge on any atom is -0.397 e. The van der Waals surface area contributed by atoms with Gasteiger partial charge in [0, 0.05) is 7.05 Å². The molecule has 1 aliphatic heterocycles. The van der Waals surface area contributed by atoms with Gasteiger partial charge in [-0.15, -0.1) is 0 Å². The molecule has 2 aliphatic rings. The van der Waals surface area contributed by atoms with Gasteiger partial charge in [-0.3, -0.25) is 4.79 Å². The predicted octanol–water partition coefficient (Wildman–Crippen LogP) is 2.06. The van der Waals surface area contributed by atoms with E-state index >= 15 is 0 Å². The fraction of sp³-hybridized carbons (Fsp3) is 0.462. The largest absolute Gasteiger partial charge is 0.397 e. The van der Waals surface area contributed by atoms with E-state index in [0.29, 0.717) is 0 Å². The number of rotatable bonds is 0. The van der Waals surface area contributed by atoms with Gasteiger partial charge in [0.1, 0.15) is 0 Å². The Morgan fingerprint density at radius 1 is 1.31 bits per heavy atom. The summed E-state index contributed by atoms with van der Waals surface area (Å²) < 4.78 is 0. The van der Waals surface area contributed by atoms with Crippen LogP contribution in [0.15, 0.2) is 18.2 Å². The summed E-state index contributed by atoms with van der Waals surface area (Å²) in [4.78, 5) is 14.2. The molecule has 0 atom stereocenters. The van der Waals surface area contributed by atoms with E-state index in [1.54, 1.807) is 4.90 Å². The maximum Gasteiger partial charge on any atom is 0.237 e. The minimum atomic E-state index is -0.251. The second kappa shape index (κ2) is 3.00. The van der Waals surface area contributed by atoms with Crippen molar-refractivity contribution in [2.24, 2.45) is 0 Å². The van der Waals surface area contributed by atoms with Crippen molar-refractivity contribution in [1.29, 1.82) is 0 Å². The number of hydrogen-bond acceptors (Lipinski definition) is 2. The molecule has 0 saturated heterocycles. The first kappa shape index (κ1) is 9.70. The molecule has 1 aromatic carbocycles. The third-order valence-corrected chi connectivity index (χ3v) is 4.09. The zero-order valence-electron chi connectivity index (χ0n) is 9.49. The van der Waals surface area contributed by atoms with E-state index in [1.807, 2.05) is 19.2 Å². The lowest BCUT2D eigenvalue weighted by atomic mass is 9.80. The number of carbonyl (C=O) groups is 1. The molecule has 1 aromatic rings. The molecule has 1 fully saturated rings. The molecule has 1 saturated carbocycles. The molecule has 0 radical (unpaired) electrons. The van der Waals surface area contributed by atoms with Crippen molar-refractivity contribution < 1.29 is 4.79 Å². The first-order chi connectivity index (χ1) is 7.67. The van der Waals surface area contributed by atoms with Crippen LogP contribution in [0, 0.1) is 0 Å². The Labute approximate surface area is 95.2 Å². The zero-order valence-corrected chi connectivity index (χ0v) is 9.49. The van der Waals surface area contributed by atoms with Crippen LogP contribution in [0.1, 0.15) is 31.2 Å². The average Bonchev–Trinajstić information content (AvgIpc) is 2.83. The molecular weight excluding hydrogens is 200 g/mol. The lowest BCUT2D eigenvalue weighted by Crippen LogP contribution is -2.36. The maximum absolute atomic E-state index is 12.4. The number of nitrogen functional groups attached to an aromatic ring is 1. The Morgan fingerprint density at radius 3 is 2.69 bits per heavy atom. The zero-order chi connectivity index (χ0) is 11.3. The van der Waals surface area contributed by atoms with E-state index in [1.165, 1.54) is 0 Å². The fourth-order valence-electron chi connectivity index (χ4n) is 3.32. The number of anilines is 2. The van der Waals surface area contributed by atoms with Gasteiger partial charge in [0.15, 0.2) is 0 Å². The van der Waals surface area contributed by atoms with Crippen LogP contribution >= 0.6 is 0 Å². The van der Waals surface area contributed by atoms with E-state index in [9.17, 15) is 4.79 Å². The lowest BCUT2D eigenvalue weighted by Gasteiger charge is -2.21. The molecule has 1 spiro atoms. The number of nitrogens with two attached hydrogens (primary N) is 1. The molecule has 2 N–H and O–H groups in total. The molecule has 84 valence electrons. The highest BCUT2D eigenvalue weighted by Crippen LogP contribution is 2.52. The molecule has 0 aromatic heterocycles. The quantitative estimate of drug-likeness (QED) is 0.675. The highest BCUT2D eigenvalue weighted by molar-refractivity contribution is 6.10. The van der Waals surface area contributed by atoms with Crippen LogP contribution in [0.2, 0.25) is 0 Å². The first-order valence-corrected chi connectivity index (χ1v) is 5.84. The standard InChI is InChI=1S/C13H16N2O/c1-15-11-9(5-4-6-10(11)14)13(12(15)16)7-2-3-8-13/h4-6H,2-3,7-8,14H2,1H3. The Hall–Kier alpha value is -1.51. The lowest BCUT2D eigenvalue weighted by molar-refractivity contribution is -0.122. The second-order valence-electron chi connectivity index (χ2n) is 4.90. The second-order valence-corrected chi connectivity index (χ2v) is 4.90. The van der Waals surface area contributed by atoms with Gasteiger partial charge in [-0.05, 0) is 24.5 Å². The fourth-order valence-corrected chi connectivity index (χ4v) is 3.32. The van der Waals surface area contributed by atoms with Crippen LogP contribution in [0.5, 0.6) is 0 Å². The Kier molecular flexibility index (Phi) is 1.82. The van der Waals surface area contributed by atoms with Gasteiger partial charge >= 0.3 is 0 Å². The van der Waals surface area contributed by atoms with Crippen LogP contribution in [0.3, 0.4) is 0 Å². The van der Waals surface area contributed by atoms with Gasteiger partial charge < -0.3 is 10.6 Å². The summed E-state index contributed by atoms with van der Waals surface area (Å²) in [5.41, 5.74) is 8.54. The van der Waals surface area contributed by atoms with Gasteiger partial charge in [-0.2, -0.15) is 0 Å². The number of para-hydroxylation sites is 1. The molecule has 0 unspecified atom stereocenters. The minimum absolute atomic E-state index is 0.234. The van der Waals surface area contributed by atoms with Crippen molar-refractivity contribution >= 4 is 17.3 Å². The van der Waals surface area contributed by atoms with Gasteiger partial charge in [-0.25, -0.2) is 0 Å². The Bertz CT molecular complexity index is 461. The molecule has 16 heavy (non-hydrogen) atoms. The molecule has 1 aliphatic carbocycles. The summed E-state index contributed by atoms with van der Waals surface area (Å²) >= 11 is 0. The van der Waals surface area contributed by atoms with E-state index in [0.717, 1.165) is 42.6 Å². The molecule has 3 rings (SSSR count). The monoisotopic (exact) mass is 216 g/mol. The van der Waals surface area contributed by atoms with Gasteiger partial charge in [0.25, 0.3) is 0 Å². The van der Waals surface area contributed by atoms with Gasteiger partial charge in [-0.1, -0.05) is 25.0 Å². The summed E-state index contributed by atoms with van der Waals surface area (Å²) in [5.74, 6) is 0.234.